The molecule has 0 bridgehead atoms. The van der Waals surface area contributed by atoms with Crippen molar-refractivity contribution in [3.63, 3.8) is 0 Å². The van der Waals surface area contributed by atoms with Crippen molar-refractivity contribution in [1.82, 2.24) is 9.38 Å². The zero-order valence-electron chi connectivity index (χ0n) is 9.22. The van der Waals surface area contributed by atoms with Crippen LogP contribution in [-0.2, 0) is 0 Å². The number of carboxylic acids is 1. The quantitative estimate of drug-likeness (QED) is 0.884. The minimum absolute atomic E-state index is 0.00378. The number of carboxylic acid groups (broad SMARTS) is 1. The van der Waals surface area contributed by atoms with Gasteiger partial charge in [-0.15, -0.1) is 0 Å². The van der Waals surface area contributed by atoms with Crippen molar-refractivity contribution in [2.45, 2.75) is 6.10 Å². The number of hydrogen-bond donors (Lipinski definition) is 1. The second-order valence-electron chi connectivity index (χ2n) is 3.59. The van der Waals surface area contributed by atoms with Crippen molar-refractivity contribution in [3.8, 4) is 5.75 Å². The van der Waals surface area contributed by atoms with Gasteiger partial charge in [-0.3, -0.25) is 4.40 Å². The van der Waals surface area contributed by atoms with Crippen LogP contribution in [0.15, 0.2) is 24.5 Å². The number of carbonyl (C=O) groups is 1. The number of pyridine rings is 1. The SMILES string of the molecule is O=C(O)c1cnc2cc(OC(CF)CF)ccn12. The zero-order valence-corrected chi connectivity index (χ0v) is 9.22. The number of alkyl halides is 2. The van der Waals surface area contributed by atoms with E-state index in [1.54, 1.807) is 0 Å². The third-order valence-electron chi connectivity index (χ3n) is 2.35. The Kier molecular flexibility index (Phi) is 3.40. The molecule has 0 saturated carbocycles. The van der Waals surface area contributed by atoms with Crippen molar-refractivity contribution in [2.24, 2.45) is 0 Å². The van der Waals surface area contributed by atoms with Crippen molar-refractivity contribution in [2.75, 3.05) is 13.3 Å². The van der Waals surface area contributed by atoms with Crippen LogP contribution in [0, 0.1) is 0 Å². The number of halogens is 2. The maximum Gasteiger partial charge on any atom is 0.354 e. The maximum atomic E-state index is 12.3. The largest absolute Gasteiger partial charge is 0.485 e. The number of hydrogen-bond acceptors (Lipinski definition) is 3. The van der Waals surface area contributed by atoms with Crippen LogP contribution in [0.3, 0.4) is 0 Å². The predicted molar refractivity (Wildman–Crippen MR) is 58.5 cm³/mol. The lowest BCUT2D eigenvalue weighted by molar-refractivity contribution is 0.0689. The highest BCUT2D eigenvalue weighted by atomic mass is 19.1. The van der Waals surface area contributed by atoms with Gasteiger partial charge in [0.25, 0.3) is 0 Å². The van der Waals surface area contributed by atoms with E-state index in [1.165, 1.54) is 28.9 Å². The van der Waals surface area contributed by atoms with E-state index in [1.807, 2.05) is 0 Å². The highest BCUT2D eigenvalue weighted by Crippen LogP contribution is 2.17. The van der Waals surface area contributed by atoms with E-state index in [2.05, 4.69) is 4.98 Å². The molecule has 2 aromatic heterocycles. The molecule has 0 atom stereocenters. The Labute approximate surface area is 101 Å². The van der Waals surface area contributed by atoms with Gasteiger partial charge in [0.15, 0.2) is 11.8 Å². The Morgan fingerprint density at radius 1 is 1.50 bits per heavy atom. The van der Waals surface area contributed by atoms with Crippen LogP contribution in [0.2, 0.25) is 0 Å². The van der Waals surface area contributed by atoms with Gasteiger partial charge in [0, 0.05) is 12.3 Å². The summed E-state index contributed by atoms with van der Waals surface area (Å²) in [6.07, 6.45) is 1.47. The Hall–Kier alpha value is -2.18. The summed E-state index contributed by atoms with van der Waals surface area (Å²) in [5, 5.41) is 8.87. The van der Waals surface area contributed by atoms with Gasteiger partial charge in [-0.05, 0) is 6.07 Å². The normalized spacial score (nSPS) is 11.1. The van der Waals surface area contributed by atoms with Crippen molar-refractivity contribution >= 4 is 11.6 Å². The summed E-state index contributed by atoms with van der Waals surface area (Å²) >= 11 is 0. The first-order valence-corrected chi connectivity index (χ1v) is 5.14. The smallest absolute Gasteiger partial charge is 0.354 e. The number of imidazole rings is 1. The van der Waals surface area contributed by atoms with E-state index < -0.39 is 25.4 Å². The first-order chi connectivity index (χ1) is 8.65. The van der Waals surface area contributed by atoms with Gasteiger partial charge in [0.2, 0.25) is 0 Å². The van der Waals surface area contributed by atoms with Crippen LogP contribution in [0.1, 0.15) is 10.5 Å². The van der Waals surface area contributed by atoms with Crippen LogP contribution in [0.5, 0.6) is 5.75 Å². The van der Waals surface area contributed by atoms with Crippen LogP contribution in [0.25, 0.3) is 5.65 Å². The summed E-state index contributed by atoms with van der Waals surface area (Å²) in [6, 6.07) is 2.85. The van der Waals surface area contributed by atoms with Gasteiger partial charge >= 0.3 is 5.97 Å². The maximum absolute atomic E-state index is 12.3. The fraction of sp³-hybridized carbons (Fsp3) is 0.273. The van der Waals surface area contributed by atoms with Crippen LogP contribution in [0.4, 0.5) is 8.78 Å². The Bertz CT molecular complexity index is 566. The molecule has 0 unspecified atom stereocenters. The number of nitrogens with zero attached hydrogens (tertiary/aromatic N) is 2. The van der Waals surface area contributed by atoms with Crippen molar-refractivity contribution < 1.29 is 23.4 Å². The molecule has 2 heterocycles. The molecule has 0 aliphatic heterocycles. The van der Waals surface area contributed by atoms with E-state index in [-0.39, 0.29) is 11.4 Å². The Morgan fingerprint density at radius 2 is 2.22 bits per heavy atom. The molecular formula is C11H10F2N2O3. The van der Waals surface area contributed by atoms with E-state index in [9.17, 15) is 13.6 Å². The van der Waals surface area contributed by atoms with Gasteiger partial charge in [-0.1, -0.05) is 0 Å². The summed E-state index contributed by atoms with van der Waals surface area (Å²) in [5.74, 6) is -0.869. The Balaban J connectivity index is 2.31. The van der Waals surface area contributed by atoms with E-state index in [4.69, 9.17) is 9.84 Å². The van der Waals surface area contributed by atoms with E-state index in [0.717, 1.165) is 0 Å². The lowest BCUT2D eigenvalue weighted by atomic mass is 10.4. The molecule has 0 aliphatic rings. The third-order valence-corrected chi connectivity index (χ3v) is 2.35. The first-order valence-electron chi connectivity index (χ1n) is 5.14. The summed E-state index contributed by atoms with van der Waals surface area (Å²) < 4.78 is 31.0. The van der Waals surface area contributed by atoms with Gasteiger partial charge < -0.3 is 9.84 Å². The zero-order chi connectivity index (χ0) is 13.1. The lowest BCUT2D eigenvalue weighted by Crippen LogP contribution is -2.21. The van der Waals surface area contributed by atoms with Gasteiger partial charge in [0.05, 0.1) is 6.20 Å². The molecule has 96 valence electrons. The fourth-order valence-electron chi connectivity index (χ4n) is 1.49. The molecule has 0 radical (unpaired) electrons. The highest BCUT2D eigenvalue weighted by Gasteiger charge is 2.13. The van der Waals surface area contributed by atoms with Crippen LogP contribution < -0.4 is 4.74 Å². The Morgan fingerprint density at radius 3 is 2.83 bits per heavy atom. The standard InChI is InChI=1S/C11H10F2N2O3/c12-4-8(5-13)18-7-1-2-15-9(11(16)17)6-14-10(15)3-7/h1-3,6,8H,4-5H2,(H,16,17). The van der Waals surface area contributed by atoms with Gasteiger partial charge in [-0.25, -0.2) is 18.6 Å². The number of rotatable bonds is 5. The minimum atomic E-state index is -1.15. The van der Waals surface area contributed by atoms with Crippen molar-refractivity contribution in [1.29, 1.82) is 0 Å². The second-order valence-corrected chi connectivity index (χ2v) is 3.59. The summed E-state index contributed by atoms with van der Waals surface area (Å²) in [6.45, 7) is -1.87. The van der Waals surface area contributed by atoms with E-state index >= 15 is 0 Å². The van der Waals surface area contributed by atoms with Crippen LogP contribution in [-0.4, -0.2) is 39.9 Å². The first kappa shape index (κ1) is 12.3. The van der Waals surface area contributed by atoms with Crippen LogP contribution >= 0.6 is 0 Å². The molecule has 5 nitrogen and oxygen atoms in total. The monoisotopic (exact) mass is 256 g/mol. The second kappa shape index (κ2) is 4.99. The lowest BCUT2D eigenvalue weighted by Gasteiger charge is -2.12. The number of ether oxygens (including phenoxy) is 1. The number of aromatic nitrogens is 2. The molecule has 0 saturated heterocycles. The summed E-state index contributed by atoms with van der Waals surface area (Å²) in [4.78, 5) is 14.7. The molecule has 0 fully saturated rings. The average molecular weight is 256 g/mol. The minimum Gasteiger partial charge on any atom is -0.485 e. The van der Waals surface area contributed by atoms with Gasteiger partial charge in [0.1, 0.15) is 24.7 Å². The molecule has 0 amide bonds. The topological polar surface area (TPSA) is 63.8 Å². The van der Waals surface area contributed by atoms with Gasteiger partial charge in [-0.2, -0.15) is 0 Å². The highest BCUT2D eigenvalue weighted by molar-refractivity contribution is 5.86. The molecule has 18 heavy (non-hydrogen) atoms. The molecule has 2 aromatic rings. The third kappa shape index (κ3) is 2.24. The fourth-order valence-corrected chi connectivity index (χ4v) is 1.49. The molecule has 0 spiro atoms. The average Bonchev–Trinajstić information content (AvgIpc) is 2.78. The molecule has 1 N–H and O–H groups in total. The molecular weight excluding hydrogens is 246 g/mol. The summed E-state index contributed by atoms with van der Waals surface area (Å²) in [5.41, 5.74) is 0.338. The molecule has 2 rings (SSSR count). The number of fused-ring (bicyclic) bond motifs is 1. The van der Waals surface area contributed by atoms with E-state index in [0.29, 0.717) is 5.65 Å². The summed E-state index contributed by atoms with van der Waals surface area (Å²) in [7, 11) is 0. The molecule has 7 heteroatoms. The molecule has 0 aliphatic carbocycles. The van der Waals surface area contributed by atoms with Crippen molar-refractivity contribution in [3.05, 3.63) is 30.2 Å². The predicted octanol–water partition coefficient (Wildman–Crippen LogP) is 1.72. The number of aromatic carboxylic acids is 1. The molecule has 0 aromatic carbocycles.